The summed E-state index contributed by atoms with van der Waals surface area (Å²) in [4.78, 5) is 22.9. The monoisotopic (exact) mass is 335 g/mol. The van der Waals surface area contributed by atoms with Crippen molar-refractivity contribution in [3.05, 3.63) is 58.1 Å². The minimum Gasteiger partial charge on any atom is -0.329 e. The Bertz CT molecular complexity index is 689. The van der Waals surface area contributed by atoms with Gasteiger partial charge in [0.15, 0.2) is 0 Å². The molecular formula is C16H15Cl2N3O. The summed E-state index contributed by atoms with van der Waals surface area (Å²) < 4.78 is 0. The molecular weight excluding hydrogens is 321 g/mol. The Labute approximate surface area is 139 Å². The van der Waals surface area contributed by atoms with Gasteiger partial charge in [0.1, 0.15) is 5.15 Å². The van der Waals surface area contributed by atoms with Gasteiger partial charge in [0.05, 0.1) is 16.6 Å². The van der Waals surface area contributed by atoms with E-state index >= 15 is 0 Å². The molecule has 4 nitrogen and oxygen atoms in total. The molecule has 0 spiro atoms. The predicted octanol–water partition coefficient (Wildman–Crippen LogP) is 4.15. The van der Waals surface area contributed by atoms with E-state index in [1.54, 1.807) is 18.5 Å². The van der Waals surface area contributed by atoms with E-state index < -0.39 is 0 Å². The minimum absolute atomic E-state index is 0.0526. The van der Waals surface area contributed by atoms with Crippen LogP contribution in [0, 0.1) is 0 Å². The number of hydrogen-bond donors (Lipinski definition) is 0. The number of pyridine rings is 2. The normalized spacial score (nSPS) is 15.4. The number of rotatable bonds is 4. The van der Waals surface area contributed by atoms with Crippen LogP contribution in [0.15, 0.2) is 36.8 Å². The molecule has 0 aromatic carbocycles. The molecule has 3 rings (SSSR count). The Hall–Kier alpha value is -1.65. The van der Waals surface area contributed by atoms with Gasteiger partial charge in [-0.3, -0.25) is 9.78 Å². The molecule has 6 heteroatoms. The third-order valence-corrected chi connectivity index (χ3v) is 4.49. The molecule has 114 valence electrons. The fourth-order valence-electron chi connectivity index (χ4n) is 2.48. The van der Waals surface area contributed by atoms with E-state index in [1.165, 1.54) is 6.20 Å². The zero-order valence-corrected chi connectivity index (χ0v) is 13.6. The van der Waals surface area contributed by atoms with Gasteiger partial charge in [0.25, 0.3) is 5.91 Å². The zero-order chi connectivity index (χ0) is 15.7. The SMILES string of the molecule is C[C@@H](c1cccnc1)N(C(=O)c1cnc(Cl)c(Cl)c1)C1CC1. The molecule has 0 aliphatic heterocycles. The topological polar surface area (TPSA) is 46.1 Å². The second-order valence-electron chi connectivity index (χ2n) is 5.40. The molecule has 2 heterocycles. The van der Waals surface area contributed by atoms with Crippen molar-refractivity contribution in [3.63, 3.8) is 0 Å². The molecule has 0 saturated heterocycles. The third kappa shape index (κ3) is 3.08. The first kappa shape index (κ1) is 15.3. The summed E-state index contributed by atoms with van der Waals surface area (Å²) >= 11 is 11.8. The van der Waals surface area contributed by atoms with Crippen LogP contribution in [-0.4, -0.2) is 26.8 Å². The Morgan fingerprint density at radius 1 is 1.36 bits per heavy atom. The summed E-state index contributed by atoms with van der Waals surface area (Å²) in [5, 5.41) is 0.494. The van der Waals surface area contributed by atoms with Crippen LogP contribution in [0.5, 0.6) is 0 Å². The molecule has 1 saturated carbocycles. The first-order valence-corrected chi connectivity index (χ1v) is 7.87. The molecule has 0 bridgehead atoms. The van der Waals surface area contributed by atoms with Crippen molar-refractivity contribution in [2.24, 2.45) is 0 Å². The van der Waals surface area contributed by atoms with E-state index in [4.69, 9.17) is 23.2 Å². The van der Waals surface area contributed by atoms with Gasteiger partial charge >= 0.3 is 0 Å². The number of hydrogen-bond acceptors (Lipinski definition) is 3. The summed E-state index contributed by atoms with van der Waals surface area (Å²) in [6.45, 7) is 2.01. The maximum atomic E-state index is 12.9. The van der Waals surface area contributed by atoms with Gasteiger partial charge in [-0.1, -0.05) is 29.3 Å². The number of carbonyl (C=O) groups is 1. The number of carbonyl (C=O) groups excluding carboxylic acids is 1. The smallest absolute Gasteiger partial charge is 0.256 e. The van der Waals surface area contributed by atoms with Crippen LogP contribution in [0.1, 0.15) is 41.7 Å². The third-order valence-electron chi connectivity index (χ3n) is 3.80. The van der Waals surface area contributed by atoms with Crippen LogP contribution in [0.2, 0.25) is 10.2 Å². The molecule has 1 amide bonds. The highest BCUT2D eigenvalue weighted by atomic mass is 35.5. The van der Waals surface area contributed by atoms with Gasteiger partial charge in [-0.25, -0.2) is 4.98 Å². The summed E-state index contributed by atoms with van der Waals surface area (Å²) in [5.74, 6) is -0.0788. The molecule has 1 atom stereocenters. The summed E-state index contributed by atoms with van der Waals surface area (Å²) in [5.41, 5.74) is 1.47. The Morgan fingerprint density at radius 3 is 2.73 bits per heavy atom. The van der Waals surface area contributed by atoms with Gasteiger partial charge in [-0.05, 0) is 37.5 Å². The van der Waals surface area contributed by atoms with Crippen molar-refractivity contribution < 1.29 is 4.79 Å². The first-order valence-electron chi connectivity index (χ1n) is 7.11. The quantitative estimate of drug-likeness (QED) is 0.788. The fraction of sp³-hybridized carbons (Fsp3) is 0.312. The molecule has 22 heavy (non-hydrogen) atoms. The van der Waals surface area contributed by atoms with E-state index in [2.05, 4.69) is 9.97 Å². The summed E-state index contributed by atoms with van der Waals surface area (Å²) in [7, 11) is 0. The average molecular weight is 336 g/mol. The van der Waals surface area contributed by atoms with Crippen LogP contribution in [0.25, 0.3) is 0 Å². The van der Waals surface area contributed by atoms with Gasteiger partial charge in [-0.15, -0.1) is 0 Å². The van der Waals surface area contributed by atoms with Crippen LogP contribution < -0.4 is 0 Å². The molecule has 1 aliphatic rings. The van der Waals surface area contributed by atoms with Crippen LogP contribution >= 0.6 is 23.2 Å². The van der Waals surface area contributed by atoms with Crippen molar-refractivity contribution in [1.29, 1.82) is 0 Å². The number of amides is 1. The molecule has 1 fully saturated rings. The number of halogens is 2. The largest absolute Gasteiger partial charge is 0.329 e. The lowest BCUT2D eigenvalue weighted by Crippen LogP contribution is -2.35. The van der Waals surface area contributed by atoms with Gasteiger partial charge in [0, 0.05) is 24.6 Å². The molecule has 2 aromatic rings. The highest BCUT2D eigenvalue weighted by molar-refractivity contribution is 6.41. The maximum absolute atomic E-state index is 12.9. The second-order valence-corrected chi connectivity index (χ2v) is 6.17. The Kier molecular flexibility index (Phi) is 4.32. The van der Waals surface area contributed by atoms with E-state index in [1.807, 2.05) is 24.0 Å². The highest BCUT2D eigenvalue weighted by Gasteiger charge is 2.37. The molecule has 1 aliphatic carbocycles. The summed E-state index contributed by atoms with van der Waals surface area (Å²) in [6.07, 6.45) is 7.03. The maximum Gasteiger partial charge on any atom is 0.256 e. The molecule has 0 N–H and O–H groups in total. The van der Waals surface area contributed by atoms with Crippen LogP contribution in [0.4, 0.5) is 0 Å². The lowest BCUT2D eigenvalue weighted by molar-refractivity contribution is 0.0673. The number of nitrogens with zero attached hydrogens (tertiary/aromatic N) is 3. The van der Waals surface area contributed by atoms with E-state index in [0.29, 0.717) is 5.56 Å². The van der Waals surface area contributed by atoms with Gasteiger partial charge < -0.3 is 4.90 Å². The Morgan fingerprint density at radius 2 is 2.14 bits per heavy atom. The van der Waals surface area contributed by atoms with Crippen LogP contribution in [0.3, 0.4) is 0 Å². The van der Waals surface area contributed by atoms with Crippen molar-refractivity contribution in [1.82, 2.24) is 14.9 Å². The Balaban J connectivity index is 1.90. The average Bonchev–Trinajstić information content (AvgIpc) is 3.35. The predicted molar refractivity (Wildman–Crippen MR) is 86.1 cm³/mol. The lowest BCUT2D eigenvalue weighted by atomic mass is 10.1. The van der Waals surface area contributed by atoms with E-state index in [-0.39, 0.29) is 28.2 Å². The van der Waals surface area contributed by atoms with E-state index in [9.17, 15) is 4.79 Å². The number of aromatic nitrogens is 2. The first-order chi connectivity index (χ1) is 10.6. The highest BCUT2D eigenvalue weighted by Crippen LogP contribution is 2.35. The van der Waals surface area contributed by atoms with Crippen molar-refractivity contribution in [2.75, 3.05) is 0 Å². The van der Waals surface area contributed by atoms with Gasteiger partial charge in [-0.2, -0.15) is 0 Å². The van der Waals surface area contributed by atoms with E-state index in [0.717, 1.165) is 18.4 Å². The molecule has 2 aromatic heterocycles. The second kappa shape index (κ2) is 6.23. The van der Waals surface area contributed by atoms with Crippen molar-refractivity contribution >= 4 is 29.1 Å². The lowest BCUT2D eigenvalue weighted by Gasteiger charge is -2.29. The van der Waals surface area contributed by atoms with Crippen molar-refractivity contribution in [2.45, 2.75) is 31.8 Å². The molecule has 0 radical (unpaired) electrons. The van der Waals surface area contributed by atoms with Crippen LogP contribution in [-0.2, 0) is 0 Å². The molecule has 0 unspecified atom stereocenters. The standard InChI is InChI=1S/C16H15Cl2N3O/c1-10(11-3-2-6-19-8-11)21(13-4-5-13)16(22)12-7-14(17)15(18)20-9-12/h2-3,6-10,13H,4-5H2,1H3/t10-/m0/s1. The van der Waals surface area contributed by atoms with Crippen molar-refractivity contribution in [3.8, 4) is 0 Å². The fourth-order valence-corrected chi connectivity index (χ4v) is 2.75. The van der Waals surface area contributed by atoms with Gasteiger partial charge in [0.2, 0.25) is 0 Å². The zero-order valence-electron chi connectivity index (χ0n) is 12.0. The minimum atomic E-state index is -0.0788. The summed E-state index contributed by atoms with van der Waals surface area (Å²) in [6, 6.07) is 5.64.